The Morgan fingerprint density at radius 2 is 1.79 bits per heavy atom. The van der Waals surface area contributed by atoms with Gasteiger partial charge in [-0.15, -0.1) is 0 Å². The zero-order valence-corrected chi connectivity index (χ0v) is 10.3. The van der Waals surface area contributed by atoms with E-state index in [4.69, 9.17) is 4.42 Å². The second kappa shape index (κ2) is 5.72. The Bertz CT molecular complexity index is 579. The van der Waals surface area contributed by atoms with E-state index in [-0.39, 0.29) is 17.7 Å². The first-order valence-electron chi connectivity index (χ1n) is 5.62. The van der Waals surface area contributed by atoms with Crippen LogP contribution in [0.2, 0.25) is 0 Å². The fraction of sp³-hybridized carbons (Fsp3) is 0.0769. The first-order chi connectivity index (χ1) is 9.19. The van der Waals surface area contributed by atoms with Gasteiger partial charge in [-0.25, -0.2) is 4.79 Å². The van der Waals surface area contributed by atoms with Gasteiger partial charge < -0.3 is 20.4 Å². The second-order valence-corrected chi connectivity index (χ2v) is 3.72. The SMILES string of the molecule is CNC(=O)Nc1cccc(NC(=O)c2ccco2)c1. The van der Waals surface area contributed by atoms with Crippen molar-refractivity contribution in [1.29, 1.82) is 0 Å². The molecule has 0 unspecified atom stereocenters. The van der Waals surface area contributed by atoms with Gasteiger partial charge in [0, 0.05) is 18.4 Å². The van der Waals surface area contributed by atoms with E-state index < -0.39 is 0 Å². The van der Waals surface area contributed by atoms with Crippen molar-refractivity contribution in [1.82, 2.24) is 5.32 Å². The van der Waals surface area contributed by atoms with Gasteiger partial charge in [0.1, 0.15) is 0 Å². The van der Waals surface area contributed by atoms with E-state index in [2.05, 4.69) is 16.0 Å². The van der Waals surface area contributed by atoms with E-state index in [1.54, 1.807) is 36.4 Å². The summed E-state index contributed by atoms with van der Waals surface area (Å²) in [6.07, 6.45) is 1.43. The standard InChI is InChI=1S/C13H13N3O3/c1-14-13(18)16-10-5-2-4-9(8-10)15-12(17)11-6-3-7-19-11/h2-8H,1H3,(H,15,17)(H2,14,16,18). The normalized spacial score (nSPS) is 9.74. The van der Waals surface area contributed by atoms with Crippen molar-refractivity contribution >= 4 is 23.3 Å². The molecule has 0 bridgehead atoms. The monoisotopic (exact) mass is 259 g/mol. The van der Waals surface area contributed by atoms with Crippen LogP contribution in [0.4, 0.5) is 16.2 Å². The summed E-state index contributed by atoms with van der Waals surface area (Å²) in [4.78, 5) is 22.9. The van der Waals surface area contributed by atoms with Gasteiger partial charge >= 0.3 is 6.03 Å². The lowest BCUT2D eigenvalue weighted by Crippen LogP contribution is -2.24. The first kappa shape index (κ1) is 12.7. The Balaban J connectivity index is 2.07. The van der Waals surface area contributed by atoms with Crippen LogP contribution in [0, 0.1) is 0 Å². The van der Waals surface area contributed by atoms with Crippen LogP contribution in [-0.2, 0) is 0 Å². The van der Waals surface area contributed by atoms with E-state index in [1.165, 1.54) is 13.3 Å². The van der Waals surface area contributed by atoms with Gasteiger partial charge in [-0.3, -0.25) is 4.79 Å². The molecule has 6 nitrogen and oxygen atoms in total. The molecule has 0 atom stereocenters. The van der Waals surface area contributed by atoms with Crippen molar-refractivity contribution in [3.05, 3.63) is 48.4 Å². The first-order valence-corrected chi connectivity index (χ1v) is 5.62. The van der Waals surface area contributed by atoms with E-state index in [0.29, 0.717) is 11.4 Å². The molecule has 19 heavy (non-hydrogen) atoms. The van der Waals surface area contributed by atoms with E-state index in [9.17, 15) is 9.59 Å². The topological polar surface area (TPSA) is 83.4 Å². The Morgan fingerprint density at radius 1 is 1.05 bits per heavy atom. The molecular weight excluding hydrogens is 246 g/mol. The number of urea groups is 1. The molecule has 1 heterocycles. The summed E-state index contributed by atoms with van der Waals surface area (Å²) in [5.74, 6) is -0.119. The van der Waals surface area contributed by atoms with Gasteiger partial charge in [0.05, 0.1) is 6.26 Å². The second-order valence-electron chi connectivity index (χ2n) is 3.72. The molecule has 2 rings (SSSR count). The van der Waals surface area contributed by atoms with Crippen LogP contribution in [-0.4, -0.2) is 19.0 Å². The molecule has 0 saturated carbocycles. The summed E-state index contributed by atoms with van der Waals surface area (Å²) in [6.45, 7) is 0. The third-order valence-corrected chi connectivity index (χ3v) is 2.35. The van der Waals surface area contributed by atoms with Crippen molar-refractivity contribution in [3.63, 3.8) is 0 Å². The molecular formula is C13H13N3O3. The Kier molecular flexibility index (Phi) is 3.82. The molecule has 0 aliphatic heterocycles. The largest absolute Gasteiger partial charge is 0.459 e. The quantitative estimate of drug-likeness (QED) is 0.790. The van der Waals surface area contributed by atoms with Gasteiger partial charge in [-0.2, -0.15) is 0 Å². The predicted molar refractivity (Wildman–Crippen MR) is 71.2 cm³/mol. The number of furan rings is 1. The highest BCUT2D eigenvalue weighted by atomic mass is 16.3. The van der Waals surface area contributed by atoms with Crippen LogP contribution in [0.1, 0.15) is 10.6 Å². The molecule has 0 aliphatic rings. The van der Waals surface area contributed by atoms with Crippen molar-refractivity contribution in [2.24, 2.45) is 0 Å². The van der Waals surface area contributed by atoms with Gasteiger partial charge in [0.25, 0.3) is 5.91 Å². The average molecular weight is 259 g/mol. The molecule has 2 aromatic rings. The predicted octanol–water partition coefficient (Wildman–Crippen LogP) is 2.28. The molecule has 0 radical (unpaired) electrons. The van der Waals surface area contributed by atoms with Crippen LogP contribution in [0.25, 0.3) is 0 Å². The average Bonchev–Trinajstić information content (AvgIpc) is 2.93. The molecule has 98 valence electrons. The Hall–Kier alpha value is -2.76. The summed E-state index contributed by atoms with van der Waals surface area (Å²) in [5.41, 5.74) is 1.15. The number of rotatable bonds is 3. The van der Waals surface area contributed by atoms with Gasteiger partial charge in [-0.05, 0) is 30.3 Å². The van der Waals surface area contributed by atoms with E-state index in [0.717, 1.165) is 0 Å². The Labute approximate surface area is 109 Å². The lowest BCUT2D eigenvalue weighted by Gasteiger charge is -2.07. The van der Waals surface area contributed by atoms with Crippen molar-refractivity contribution in [2.75, 3.05) is 17.7 Å². The maximum absolute atomic E-state index is 11.8. The maximum atomic E-state index is 11.8. The number of nitrogens with one attached hydrogen (secondary N) is 3. The molecule has 3 amide bonds. The fourth-order valence-electron chi connectivity index (χ4n) is 1.47. The number of anilines is 2. The summed E-state index contributed by atoms with van der Waals surface area (Å²) in [6, 6.07) is 9.70. The van der Waals surface area contributed by atoms with Crippen molar-refractivity contribution in [3.8, 4) is 0 Å². The van der Waals surface area contributed by atoms with Crippen LogP contribution in [0.3, 0.4) is 0 Å². The molecule has 0 aliphatic carbocycles. The molecule has 1 aromatic heterocycles. The summed E-state index contributed by atoms with van der Waals surface area (Å²) in [5, 5.41) is 7.73. The van der Waals surface area contributed by atoms with Gasteiger partial charge in [-0.1, -0.05) is 6.07 Å². The maximum Gasteiger partial charge on any atom is 0.318 e. The number of benzene rings is 1. The smallest absolute Gasteiger partial charge is 0.318 e. The summed E-state index contributed by atoms with van der Waals surface area (Å²) >= 11 is 0. The number of hydrogen-bond acceptors (Lipinski definition) is 3. The highest BCUT2D eigenvalue weighted by Crippen LogP contribution is 2.16. The number of carbonyl (C=O) groups excluding carboxylic acids is 2. The lowest BCUT2D eigenvalue weighted by atomic mass is 10.2. The lowest BCUT2D eigenvalue weighted by molar-refractivity contribution is 0.0996. The third-order valence-electron chi connectivity index (χ3n) is 2.35. The van der Waals surface area contributed by atoms with Crippen LogP contribution < -0.4 is 16.0 Å². The summed E-state index contributed by atoms with van der Waals surface area (Å²) in [7, 11) is 1.53. The molecule has 0 fully saturated rings. The van der Waals surface area contributed by atoms with E-state index in [1.807, 2.05) is 0 Å². The van der Waals surface area contributed by atoms with Crippen LogP contribution in [0.5, 0.6) is 0 Å². The highest BCUT2D eigenvalue weighted by Gasteiger charge is 2.09. The third kappa shape index (κ3) is 3.35. The highest BCUT2D eigenvalue weighted by molar-refractivity contribution is 6.02. The van der Waals surface area contributed by atoms with Gasteiger partial charge in [0.2, 0.25) is 0 Å². The minimum Gasteiger partial charge on any atom is -0.459 e. The molecule has 3 N–H and O–H groups in total. The van der Waals surface area contributed by atoms with Crippen molar-refractivity contribution in [2.45, 2.75) is 0 Å². The Morgan fingerprint density at radius 3 is 2.42 bits per heavy atom. The van der Waals surface area contributed by atoms with Gasteiger partial charge in [0.15, 0.2) is 5.76 Å². The fourth-order valence-corrected chi connectivity index (χ4v) is 1.47. The molecule has 1 aromatic carbocycles. The zero-order chi connectivity index (χ0) is 13.7. The molecule has 6 heteroatoms. The number of amides is 3. The number of hydrogen-bond donors (Lipinski definition) is 3. The molecule has 0 saturated heterocycles. The van der Waals surface area contributed by atoms with E-state index >= 15 is 0 Å². The van der Waals surface area contributed by atoms with Crippen LogP contribution >= 0.6 is 0 Å². The summed E-state index contributed by atoms with van der Waals surface area (Å²) < 4.78 is 4.99. The van der Waals surface area contributed by atoms with Crippen molar-refractivity contribution < 1.29 is 14.0 Å². The van der Waals surface area contributed by atoms with Crippen LogP contribution in [0.15, 0.2) is 47.1 Å². The minimum absolute atomic E-state index is 0.227. The molecule has 0 spiro atoms. The minimum atomic E-state index is -0.345. The number of carbonyl (C=O) groups is 2. The zero-order valence-electron chi connectivity index (χ0n) is 10.3.